The maximum absolute atomic E-state index is 14.7. The van der Waals surface area contributed by atoms with Crippen molar-refractivity contribution < 1.29 is 22.3 Å². The van der Waals surface area contributed by atoms with Crippen LogP contribution in [0.1, 0.15) is 50.4 Å². The van der Waals surface area contributed by atoms with E-state index in [1.807, 2.05) is 37.2 Å². The van der Waals surface area contributed by atoms with Crippen molar-refractivity contribution in [2.24, 2.45) is 17.0 Å². The molecule has 0 amide bonds. The van der Waals surface area contributed by atoms with E-state index in [2.05, 4.69) is 9.98 Å². The second-order valence-corrected chi connectivity index (χ2v) is 8.69. The van der Waals surface area contributed by atoms with E-state index in [1.165, 1.54) is 6.19 Å². The predicted molar refractivity (Wildman–Crippen MR) is 110 cm³/mol. The lowest BCUT2D eigenvalue weighted by Gasteiger charge is -2.21. The number of hydrogen-bond donors (Lipinski definition) is 0. The first-order chi connectivity index (χ1) is 14.9. The Morgan fingerprint density at radius 2 is 2.00 bits per heavy atom. The summed E-state index contributed by atoms with van der Waals surface area (Å²) in [7, 11) is 1.85. The molecule has 1 aliphatic heterocycles. The molecule has 0 saturated carbocycles. The molecule has 1 atom stereocenters. The van der Waals surface area contributed by atoms with Crippen LogP contribution in [-0.2, 0) is 29.9 Å². The molecule has 1 aromatic heterocycles. The van der Waals surface area contributed by atoms with Gasteiger partial charge in [-0.2, -0.15) is 23.4 Å². The van der Waals surface area contributed by atoms with Crippen molar-refractivity contribution in [2.75, 3.05) is 6.61 Å². The number of halogens is 4. The number of ether oxygens (including phenoxy) is 1. The molecule has 1 saturated heterocycles. The van der Waals surface area contributed by atoms with Crippen LogP contribution in [-0.4, -0.2) is 27.9 Å². The Morgan fingerprint density at radius 1 is 1.28 bits per heavy atom. The van der Waals surface area contributed by atoms with Gasteiger partial charge < -0.3 is 4.74 Å². The molecule has 32 heavy (non-hydrogen) atoms. The third kappa shape index (κ3) is 4.93. The van der Waals surface area contributed by atoms with Gasteiger partial charge in [0.1, 0.15) is 5.82 Å². The standard InChI is InChI=1S/C22H25F4N5O/c1-21(2,3)17-11-18(31(30(17)4)12-14-7-6-10-32-14)29-20(28-13-27)15-8-5-9-16(19(15)23)22(24,25)26/h5,8-9,11,14H,6-7,10,12H2,1-4H3/b28-20?,29-18+/t14-/m1/s1. The lowest BCUT2D eigenvalue weighted by atomic mass is 9.92. The van der Waals surface area contributed by atoms with Crippen LogP contribution in [0.25, 0.3) is 0 Å². The Bertz CT molecular complexity index is 1120. The predicted octanol–water partition coefficient (Wildman–Crippen LogP) is 4.29. The van der Waals surface area contributed by atoms with Gasteiger partial charge in [-0.15, -0.1) is 0 Å². The first kappa shape index (κ1) is 23.7. The van der Waals surface area contributed by atoms with Gasteiger partial charge in [-0.25, -0.2) is 9.38 Å². The Kier molecular flexibility index (Phi) is 6.60. The molecule has 172 valence electrons. The van der Waals surface area contributed by atoms with Gasteiger partial charge in [0.15, 0.2) is 11.3 Å². The fraction of sp³-hybridized carbons (Fsp3) is 0.500. The van der Waals surface area contributed by atoms with Crippen LogP contribution >= 0.6 is 0 Å². The zero-order chi connectivity index (χ0) is 23.7. The van der Waals surface area contributed by atoms with Crippen molar-refractivity contribution in [2.45, 2.75) is 57.9 Å². The molecule has 1 fully saturated rings. The lowest BCUT2D eigenvalue weighted by molar-refractivity contribution is -0.140. The number of amidine groups is 1. The van der Waals surface area contributed by atoms with Gasteiger partial charge >= 0.3 is 6.18 Å². The summed E-state index contributed by atoms with van der Waals surface area (Å²) in [5.41, 5.74) is -0.957. The number of benzene rings is 1. The molecule has 1 aromatic carbocycles. The Morgan fingerprint density at radius 3 is 2.56 bits per heavy atom. The average molecular weight is 451 g/mol. The number of alkyl halides is 3. The van der Waals surface area contributed by atoms with E-state index in [4.69, 9.17) is 10.00 Å². The summed E-state index contributed by atoms with van der Waals surface area (Å²) >= 11 is 0. The van der Waals surface area contributed by atoms with Crippen LogP contribution in [0.15, 0.2) is 34.3 Å². The summed E-state index contributed by atoms with van der Waals surface area (Å²) < 4.78 is 63.7. The molecule has 0 N–H and O–H groups in total. The van der Waals surface area contributed by atoms with Crippen molar-refractivity contribution in [3.8, 4) is 6.19 Å². The van der Waals surface area contributed by atoms with Crippen LogP contribution in [0.3, 0.4) is 0 Å². The highest BCUT2D eigenvalue weighted by atomic mass is 19.4. The maximum atomic E-state index is 14.7. The average Bonchev–Trinajstić information content (AvgIpc) is 3.30. The summed E-state index contributed by atoms with van der Waals surface area (Å²) in [4.78, 5) is 7.89. The van der Waals surface area contributed by atoms with Crippen molar-refractivity contribution in [1.29, 1.82) is 5.26 Å². The minimum atomic E-state index is -4.89. The summed E-state index contributed by atoms with van der Waals surface area (Å²) in [6.07, 6.45) is -1.61. The SMILES string of the molecule is Cn1c(C(C)(C)C)c/c(=N\C(=NC#N)c2cccc(C(F)(F)F)c2F)n1C[C@H]1CCCO1. The third-order valence-corrected chi connectivity index (χ3v) is 5.33. The molecule has 0 bridgehead atoms. The molecular formula is C22H25F4N5O. The zero-order valence-electron chi connectivity index (χ0n) is 18.4. The first-order valence-corrected chi connectivity index (χ1v) is 10.2. The fourth-order valence-corrected chi connectivity index (χ4v) is 3.79. The van der Waals surface area contributed by atoms with Crippen LogP contribution in [0, 0.1) is 17.3 Å². The summed E-state index contributed by atoms with van der Waals surface area (Å²) in [5, 5.41) is 9.11. The number of hydrogen-bond acceptors (Lipinski definition) is 3. The highest BCUT2D eigenvalue weighted by Gasteiger charge is 2.35. The van der Waals surface area contributed by atoms with E-state index in [1.54, 1.807) is 6.07 Å². The quantitative estimate of drug-likeness (QED) is 0.302. The van der Waals surface area contributed by atoms with Gasteiger partial charge in [0.05, 0.1) is 23.8 Å². The molecule has 2 heterocycles. The van der Waals surface area contributed by atoms with Gasteiger partial charge in [0.2, 0.25) is 6.19 Å². The molecule has 0 aliphatic carbocycles. The van der Waals surface area contributed by atoms with E-state index in [9.17, 15) is 17.6 Å². The van der Waals surface area contributed by atoms with E-state index < -0.39 is 29.0 Å². The summed E-state index contributed by atoms with van der Waals surface area (Å²) in [6, 6.07) is 4.60. The molecule has 1 aliphatic rings. The molecule has 0 radical (unpaired) electrons. The van der Waals surface area contributed by atoms with Crippen LogP contribution < -0.4 is 5.49 Å². The number of nitriles is 1. The zero-order valence-corrected chi connectivity index (χ0v) is 18.4. The van der Waals surface area contributed by atoms with Crippen LogP contribution in [0.4, 0.5) is 17.6 Å². The van der Waals surface area contributed by atoms with Crippen LogP contribution in [0.5, 0.6) is 0 Å². The molecule has 10 heteroatoms. The molecule has 0 unspecified atom stereocenters. The number of aliphatic imine (C=N–C) groups is 1. The van der Waals surface area contributed by atoms with E-state index in [0.717, 1.165) is 30.7 Å². The van der Waals surface area contributed by atoms with Gasteiger partial charge in [0, 0.05) is 30.8 Å². The first-order valence-electron chi connectivity index (χ1n) is 10.2. The van der Waals surface area contributed by atoms with Gasteiger partial charge in [0.25, 0.3) is 0 Å². The van der Waals surface area contributed by atoms with Gasteiger partial charge in [-0.1, -0.05) is 26.8 Å². The van der Waals surface area contributed by atoms with Crippen molar-refractivity contribution >= 4 is 5.84 Å². The van der Waals surface area contributed by atoms with Crippen LogP contribution in [0.2, 0.25) is 0 Å². The van der Waals surface area contributed by atoms with Crippen molar-refractivity contribution in [3.05, 3.63) is 52.4 Å². The fourth-order valence-electron chi connectivity index (χ4n) is 3.79. The minimum Gasteiger partial charge on any atom is -0.376 e. The van der Waals surface area contributed by atoms with E-state index in [-0.39, 0.29) is 11.5 Å². The largest absolute Gasteiger partial charge is 0.419 e. The molecular weight excluding hydrogens is 426 g/mol. The van der Waals surface area contributed by atoms with E-state index >= 15 is 0 Å². The Labute approximate surface area is 183 Å². The van der Waals surface area contributed by atoms with Crippen molar-refractivity contribution in [1.82, 2.24) is 9.36 Å². The Hall–Kier alpha value is -2.93. The second-order valence-electron chi connectivity index (χ2n) is 8.69. The minimum absolute atomic E-state index is 0.0444. The smallest absolute Gasteiger partial charge is 0.376 e. The Balaban J connectivity index is 2.20. The van der Waals surface area contributed by atoms with Crippen molar-refractivity contribution in [3.63, 3.8) is 0 Å². The van der Waals surface area contributed by atoms with Gasteiger partial charge in [-0.05, 0) is 25.0 Å². The maximum Gasteiger partial charge on any atom is 0.419 e. The molecule has 0 spiro atoms. The number of nitrogens with zero attached hydrogens (tertiary/aromatic N) is 5. The highest BCUT2D eigenvalue weighted by Crippen LogP contribution is 2.32. The van der Waals surface area contributed by atoms with E-state index in [0.29, 0.717) is 24.7 Å². The molecule has 6 nitrogen and oxygen atoms in total. The normalized spacial score (nSPS) is 18.3. The monoisotopic (exact) mass is 451 g/mol. The highest BCUT2D eigenvalue weighted by molar-refractivity contribution is 6.00. The third-order valence-electron chi connectivity index (χ3n) is 5.33. The lowest BCUT2D eigenvalue weighted by Crippen LogP contribution is -2.30. The van der Waals surface area contributed by atoms with Gasteiger partial charge in [-0.3, -0.25) is 9.36 Å². The topological polar surface area (TPSA) is 67.6 Å². The summed E-state index contributed by atoms with van der Waals surface area (Å²) in [6.45, 7) is 7.15. The number of rotatable bonds is 3. The molecule has 3 rings (SSSR count). The summed E-state index contributed by atoms with van der Waals surface area (Å²) in [5.74, 6) is -1.95. The second kappa shape index (κ2) is 8.90. The molecule has 2 aromatic rings. The number of aromatic nitrogens is 2.